The van der Waals surface area contributed by atoms with E-state index in [0.29, 0.717) is 48.5 Å². The number of hydrogen-bond donors (Lipinski definition) is 2. The maximum Gasteiger partial charge on any atom is 0.365 e. The fourth-order valence-corrected chi connectivity index (χ4v) is 3.25. The third-order valence-electron chi connectivity index (χ3n) is 4.57. The van der Waals surface area contributed by atoms with Crippen LogP contribution in [0.4, 0.5) is 5.82 Å². The van der Waals surface area contributed by atoms with E-state index in [-0.39, 0.29) is 11.6 Å². The van der Waals surface area contributed by atoms with Crippen LogP contribution in [0.3, 0.4) is 0 Å². The molecule has 0 spiro atoms. The summed E-state index contributed by atoms with van der Waals surface area (Å²) in [4.78, 5) is 24.6. The smallest absolute Gasteiger partial charge is 0.365 e. The van der Waals surface area contributed by atoms with Crippen LogP contribution in [0.15, 0.2) is 65.6 Å². The van der Waals surface area contributed by atoms with E-state index in [1.807, 2.05) is 34.1 Å². The van der Waals surface area contributed by atoms with E-state index in [2.05, 4.69) is 15.3 Å². The number of carbonyl (C=O) groups excluding carboxylic acids is 1. The molecule has 0 saturated carbocycles. The Bertz CT molecular complexity index is 983. The van der Waals surface area contributed by atoms with Gasteiger partial charge < -0.3 is 19.9 Å². The number of hydrogen-bond acceptors (Lipinski definition) is 6. The predicted octanol–water partition coefficient (Wildman–Crippen LogP) is 2.54. The molecule has 0 amide bonds. The molecule has 0 bridgehead atoms. The van der Waals surface area contributed by atoms with Gasteiger partial charge in [0, 0.05) is 38.6 Å². The highest BCUT2D eigenvalue weighted by atomic mass is 35.5. The number of carbonyl (C=O) groups is 1. The first-order valence-electron chi connectivity index (χ1n) is 9.13. The summed E-state index contributed by atoms with van der Waals surface area (Å²) >= 11 is 6.16. The van der Waals surface area contributed by atoms with E-state index in [4.69, 9.17) is 21.7 Å². The number of aliphatic imine (C=N–C) groups is 1. The van der Waals surface area contributed by atoms with Crippen LogP contribution in [0.2, 0.25) is 5.02 Å². The lowest BCUT2D eigenvalue weighted by molar-refractivity contribution is -0.130. The van der Waals surface area contributed by atoms with Crippen LogP contribution in [-0.2, 0) is 9.53 Å². The molecule has 148 valence electrons. The van der Waals surface area contributed by atoms with E-state index in [9.17, 15) is 4.79 Å². The highest BCUT2D eigenvalue weighted by Gasteiger charge is 2.27. The average Bonchev–Trinajstić information content (AvgIpc) is 3.09. The monoisotopic (exact) mass is 410 g/mol. The topological polar surface area (TPSA) is 93.9 Å². The summed E-state index contributed by atoms with van der Waals surface area (Å²) < 4.78 is 5.28. The number of guanidine groups is 1. The molecule has 29 heavy (non-hydrogen) atoms. The number of pyridine rings is 1. The highest BCUT2D eigenvalue weighted by molar-refractivity contribution is 6.34. The van der Waals surface area contributed by atoms with Gasteiger partial charge in [-0.3, -0.25) is 5.41 Å². The van der Waals surface area contributed by atoms with Crippen molar-refractivity contribution < 1.29 is 9.53 Å². The second-order valence-electron chi connectivity index (χ2n) is 6.51. The molecule has 1 saturated heterocycles. The molecule has 0 unspecified atom stereocenters. The Labute approximate surface area is 173 Å². The Kier molecular flexibility index (Phi) is 5.44. The number of anilines is 1. The van der Waals surface area contributed by atoms with Crippen molar-refractivity contribution in [3.63, 3.8) is 0 Å². The summed E-state index contributed by atoms with van der Waals surface area (Å²) in [7, 11) is 0. The lowest BCUT2D eigenvalue weighted by atomic mass is 10.2. The fourth-order valence-electron chi connectivity index (χ4n) is 3.03. The average molecular weight is 411 g/mol. The number of halogens is 1. The van der Waals surface area contributed by atoms with Crippen LogP contribution in [-0.4, -0.2) is 58.8 Å². The SMILES string of the molecule is N=C(Nc1ccccn1)N1CCN(/C=C2/N=C(c3ccccc3Cl)OC2=O)CC1. The minimum atomic E-state index is -0.494. The molecule has 0 atom stereocenters. The van der Waals surface area contributed by atoms with E-state index >= 15 is 0 Å². The van der Waals surface area contributed by atoms with Gasteiger partial charge in [-0.05, 0) is 24.3 Å². The van der Waals surface area contributed by atoms with Crippen LogP contribution in [0.1, 0.15) is 5.56 Å². The zero-order chi connectivity index (χ0) is 20.2. The van der Waals surface area contributed by atoms with Crippen molar-refractivity contribution in [3.05, 3.63) is 71.1 Å². The van der Waals surface area contributed by atoms with Gasteiger partial charge in [0.25, 0.3) is 0 Å². The van der Waals surface area contributed by atoms with Crippen molar-refractivity contribution in [1.29, 1.82) is 5.41 Å². The van der Waals surface area contributed by atoms with Crippen LogP contribution in [0.5, 0.6) is 0 Å². The lowest BCUT2D eigenvalue weighted by Gasteiger charge is -2.35. The van der Waals surface area contributed by atoms with Crippen LogP contribution < -0.4 is 5.32 Å². The molecule has 0 aliphatic carbocycles. The zero-order valence-corrected chi connectivity index (χ0v) is 16.3. The molecule has 9 heteroatoms. The summed E-state index contributed by atoms with van der Waals surface area (Å²) in [6.07, 6.45) is 3.39. The molecule has 0 radical (unpaired) electrons. The number of piperazine rings is 1. The molecule has 2 aliphatic rings. The van der Waals surface area contributed by atoms with Gasteiger partial charge in [0.15, 0.2) is 11.7 Å². The zero-order valence-electron chi connectivity index (χ0n) is 15.5. The Hall–Kier alpha value is -3.39. The van der Waals surface area contributed by atoms with Crippen molar-refractivity contribution in [2.24, 2.45) is 4.99 Å². The number of benzene rings is 1. The molecule has 2 aromatic rings. The first-order chi connectivity index (χ1) is 14.1. The first kappa shape index (κ1) is 18.9. The normalized spacial score (nSPS) is 17.9. The molecule has 8 nitrogen and oxygen atoms in total. The Morgan fingerprint density at radius 2 is 1.90 bits per heavy atom. The number of nitrogens with zero attached hydrogens (tertiary/aromatic N) is 4. The summed E-state index contributed by atoms with van der Waals surface area (Å²) in [5.74, 6) is 0.659. The van der Waals surface area contributed by atoms with Gasteiger partial charge in [0.05, 0.1) is 10.6 Å². The molecular weight excluding hydrogens is 392 g/mol. The second-order valence-corrected chi connectivity index (χ2v) is 6.92. The summed E-state index contributed by atoms with van der Waals surface area (Å²) in [5, 5.41) is 11.7. The van der Waals surface area contributed by atoms with Crippen molar-refractivity contribution in [2.45, 2.75) is 0 Å². The maximum absolute atomic E-state index is 12.2. The van der Waals surface area contributed by atoms with Crippen LogP contribution in [0, 0.1) is 5.41 Å². The summed E-state index contributed by atoms with van der Waals surface area (Å²) in [6.45, 7) is 2.58. The Morgan fingerprint density at radius 3 is 2.62 bits per heavy atom. The number of esters is 1. The second kappa shape index (κ2) is 8.32. The first-order valence-corrected chi connectivity index (χ1v) is 9.51. The van der Waals surface area contributed by atoms with Crippen molar-refractivity contribution >= 4 is 35.2 Å². The summed E-state index contributed by atoms with van der Waals surface area (Å²) in [5.41, 5.74) is 0.833. The quantitative estimate of drug-likeness (QED) is 0.349. The molecule has 4 rings (SSSR count). The number of cyclic esters (lactones) is 1. The largest absolute Gasteiger partial charge is 0.402 e. The number of nitrogens with one attached hydrogen (secondary N) is 2. The van der Waals surface area contributed by atoms with Gasteiger partial charge in [-0.2, -0.15) is 0 Å². The van der Waals surface area contributed by atoms with Crippen molar-refractivity contribution in [2.75, 3.05) is 31.5 Å². The van der Waals surface area contributed by atoms with E-state index < -0.39 is 5.97 Å². The van der Waals surface area contributed by atoms with Gasteiger partial charge in [0.2, 0.25) is 5.90 Å². The predicted molar refractivity (Wildman–Crippen MR) is 111 cm³/mol. The van der Waals surface area contributed by atoms with E-state index in [1.165, 1.54) is 0 Å². The van der Waals surface area contributed by atoms with Gasteiger partial charge >= 0.3 is 5.97 Å². The van der Waals surface area contributed by atoms with E-state index in [0.717, 1.165) is 0 Å². The third kappa shape index (κ3) is 4.38. The van der Waals surface area contributed by atoms with Gasteiger partial charge in [0.1, 0.15) is 5.82 Å². The molecule has 1 aromatic heterocycles. The molecule has 3 heterocycles. The summed E-state index contributed by atoms with van der Waals surface area (Å²) in [6, 6.07) is 12.6. The number of ether oxygens (including phenoxy) is 1. The minimum absolute atomic E-state index is 0.215. The molecule has 1 fully saturated rings. The Morgan fingerprint density at radius 1 is 1.14 bits per heavy atom. The number of rotatable bonds is 3. The molecule has 2 aliphatic heterocycles. The molecule has 2 N–H and O–H groups in total. The Balaban J connectivity index is 1.37. The highest BCUT2D eigenvalue weighted by Crippen LogP contribution is 2.22. The lowest BCUT2D eigenvalue weighted by Crippen LogP contribution is -2.48. The van der Waals surface area contributed by atoms with Crippen molar-refractivity contribution in [3.8, 4) is 0 Å². The van der Waals surface area contributed by atoms with Crippen LogP contribution >= 0.6 is 11.6 Å². The fraction of sp³-hybridized carbons (Fsp3) is 0.200. The van der Waals surface area contributed by atoms with Gasteiger partial charge in [-0.25, -0.2) is 14.8 Å². The third-order valence-corrected chi connectivity index (χ3v) is 4.90. The standard InChI is InChI=1S/C20H19ClN6O2/c21-15-6-2-1-5-14(15)18-24-16(19(28)29-18)13-26-9-11-27(12-10-26)20(22)25-17-7-3-4-8-23-17/h1-8,13H,9-12H2,(H2,22,23,25)/b16-13+. The van der Waals surface area contributed by atoms with E-state index in [1.54, 1.807) is 30.6 Å². The van der Waals surface area contributed by atoms with Crippen LogP contribution in [0.25, 0.3) is 0 Å². The number of aromatic nitrogens is 1. The molecule has 1 aromatic carbocycles. The van der Waals surface area contributed by atoms with Gasteiger partial charge in [-0.15, -0.1) is 0 Å². The van der Waals surface area contributed by atoms with Gasteiger partial charge in [-0.1, -0.05) is 29.8 Å². The maximum atomic E-state index is 12.2. The molecular formula is C20H19ClN6O2. The minimum Gasteiger partial charge on any atom is -0.402 e. The van der Waals surface area contributed by atoms with Crippen molar-refractivity contribution in [1.82, 2.24) is 14.8 Å².